The summed E-state index contributed by atoms with van der Waals surface area (Å²) in [5.74, 6) is 0.566. The van der Waals surface area contributed by atoms with E-state index < -0.39 is 0 Å². The maximum Gasteiger partial charge on any atom is 0.320 e. The minimum atomic E-state index is -0.242. The van der Waals surface area contributed by atoms with Crippen molar-refractivity contribution in [1.82, 2.24) is 10.3 Å². The van der Waals surface area contributed by atoms with Crippen LogP contribution in [0.3, 0.4) is 0 Å². The van der Waals surface area contributed by atoms with Crippen molar-refractivity contribution in [3.05, 3.63) is 23.9 Å². The summed E-state index contributed by atoms with van der Waals surface area (Å²) < 4.78 is 0. The Morgan fingerprint density at radius 1 is 1.40 bits per heavy atom. The number of nitrogens with zero attached hydrogens (tertiary/aromatic N) is 1. The zero-order valence-corrected chi connectivity index (χ0v) is 9.59. The van der Waals surface area contributed by atoms with Crippen LogP contribution in [0, 0.1) is 6.92 Å². The first kappa shape index (κ1) is 11.5. The summed E-state index contributed by atoms with van der Waals surface area (Å²) in [6.07, 6.45) is 1.67. The van der Waals surface area contributed by atoms with Crippen molar-refractivity contribution in [2.24, 2.45) is 0 Å². The molecule has 1 aromatic heterocycles. The molecule has 4 heteroatoms. The highest BCUT2D eigenvalue weighted by molar-refractivity contribution is 5.88. The third kappa shape index (κ3) is 4.44. The third-order valence-corrected chi connectivity index (χ3v) is 1.65. The van der Waals surface area contributed by atoms with Crippen LogP contribution in [0.1, 0.15) is 26.3 Å². The van der Waals surface area contributed by atoms with Crippen molar-refractivity contribution < 1.29 is 4.79 Å². The van der Waals surface area contributed by atoms with Gasteiger partial charge in [-0.05, 0) is 45.4 Å². The molecule has 15 heavy (non-hydrogen) atoms. The first-order valence-electron chi connectivity index (χ1n) is 4.89. The standard InChI is InChI=1S/C11H17N3O/c1-8-5-6-12-9(7-8)13-10(15)14-11(2,3)4/h5-7H,1-4H3,(H2,12,13,14,15). The highest BCUT2D eigenvalue weighted by atomic mass is 16.2. The van der Waals surface area contributed by atoms with E-state index in [1.807, 2.05) is 39.8 Å². The second-order valence-corrected chi connectivity index (χ2v) is 4.55. The van der Waals surface area contributed by atoms with E-state index in [1.54, 1.807) is 6.20 Å². The van der Waals surface area contributed by atoms with Gasteiger partial charge in [-0.25, -0.2) is 9.78 Å². The van der Waals surface area contributed by atoms with E-state index in [4.69, 9.17) is 0 Å². The predicted molar refractivity (Wildman–Crippen MR) is 60.9 cm³/mol. The van der Waals surface area contributed by atoms with E-state index in [9.17, 15) is 4.79 Å². The van der Waals surface area contributed by atoms with Crippen LogP contribution in [-0.4, -0.2) is 16.6 Å². The van der Waals surface area contributed by atoms with Crippen molar-refractivity contribution in [1.29, 1.82) is 0 Å². The highest BCUT2D eigenvalue weighted by Crippen LogP contribution is 2.06. The topological polar surface area (TPSA) is 54.0 Å². The van der Waals surface area contributed by atoms with E-state index in [-0.39, 0.29) is 11.6 Å². The van der Waals surface area contributed by atoms with Gasteiger partial charge in [0.2, 0.25) is 0 Å². The molecule has 4 nitrogen and oxygen atoms in total. The van der Waals surface area contributed by atoms with Gasteiger partial charge in [-0.2, -0.15) is 0 Å². The molecule has 2 amide bonds. The van der Waals surface area contributed by atoms with Crippen molar-refractivity contribution >= 4 is 11.8 Å². The summed E-state index contributed by atoms with van der Waals surface area (Å²) in [6, 6.07) is 3.47. The lowest BCUT2D eigenvalue weighted by Gasteiger charge is -2.20. The fourth-order valence-corrected chi connectivity index (χ4v) is 1.09. The smallest absolute Gasteiger partial charge is 0.320 e. The normalized spacial score (nSPS) is 10.9. The second kappa shape index (κ2) is 4.29. The number of hydrogen-bond donors (Lipinski definition) is 2. The number of carbonyl (C=O) groups excluding carboxylic acids is 1. The molecule has 0 bridgehead atoms. The largest absolute Gasteiger partial charge is 0.333 e. The minimum absolute atomic E-state index is 0.236. The molecule has 0 aliphatic carbocycles. The number of urea groups is 1. The zero-order valence-electron chi connectivity index (χ0n) is 9.59. The summed E-state index contributed by atoms with van der Waals surface area (Å²) in [4.78, 5) is 15.5. The van der Waals surface area contributed by atoms with Gasteiger partial charge >= 0.3 is 6.03 Å². The van der Waals surface area contributed by atoms with Crippen molar-refractivity contribution in [2.45, 2.75) is 33.2 Å². The van der Waals surface area contributed by atoms with E-state index in [1.165, 1.54) is 0 Å². The molecule has 2 N–H and O–H groups in total. The van der Waals surface area contributed by atoms with E-state index in [0.717, 1.165) is 5.56 Å². The van der Waals surface area contributed by atoms with Crippen LogP contribution in [-0.2, 0) is 0 Å². The molecule has 0 aliphatic rings. The van der Waals surface area contributed by atoms with Crippen LogP contribution in [0.25, 0.3) is 0 Å². The SMILES string of the molecule is Cc1ccnc(NC(=O)NC(C)(C)C)c1. The quantitative estimate of drug-likeness (QED) is 0.742. The predicted octanol–water partition coefficient (Wildman–Crippen LogP) is 2.31. The van der Waals surface area contributed by atoms with Gasteiger partial charge in [0.25, 0.3) is 0 Å². The number of carbonyl (C=O) groups is 1. The average molecular weight is 207 g/mol. The first-order valence-corrected chi connectivity index (χ1v) is 4.89. The summed E-state index contributed by atoms with van der Waals surface area (Å²) in [5, 5.41) is 5.48. The molecular formula is C11H17N3O. The summed E-state index contributed by atoms with van der Waals surface area (Å²) >= 11 is 0. The Morgan fingerprint density at radius 2 is 2.07 bits per heavy atom. The Labute approximate surface area is 90.1 Å². The van der Waals surface area contributed by atoms with Crippen LogP contribution in [0.2, 0.25) is 0 Å². The number of rotatable bonds is 1. The van der Waals surface area contributed by atoms with Gasteiger partial charge in [0.15, 0.2) is 0 Å². The maximum absolute atomic E-state index is 11.5. The lowest BCUT2D eigenvalue weighted by Crippen LogP contribution is -2.43. The zero-order chi connectivity index (χ0) is 11.5. The fraction of sp³-hybridized carbons (Fsp3) is 0.455. The summed E-state index contributed by atoms with van der Waals surface area (Å²) in [7, 11) is 0. The molecule has 0 radical (unpaired) electrons. The molecule has 0 saturated heterocycles. The number of aryl methyl sites for hydroxylation is 1. The number of nitrogens with one attached hydrogen (secondary N) is 2. The van der Waals surface area contributed by atoms with Gasteiger partial charge in [-0.1, -0.05) is 0 Å². The fourth-order valence-electron chi connectivity index (χ4n) is 1.09. The minimum Gasteiger partial charge on any atom is -0.333 e. The van der Waals surface area contributed by atoms with Crippen LogP contribution < -0.4 is 10.6 Å². The highest BCUT2D eigenvalue weighted by Gasteiger charge is 2.13. The number of pyridine rings is 1. The molecular weight excluding hydrogens is 190 g/mol. The number of anilines is 1. The molecule has 0 saturated carbocycles. The van der Waals surface area contributed by atoms with Crippen molar-refractivity contribution in [3.63, 3.8) is 0 Å². The van der Waals surface area contributed by atoms with Gasteiger partial charge in [0.1, 0.15) is 5.82 Å². The first-order chi connectivity index (χ1) is 6.87. The number of amides is 2. The van der Waals surface area contributed by atoms with E-state index >= 15 is 0 Å². The molecule has 0 unspecified atom stereocenters. The Balaban J connectivity index is 2.59. The average Bonchev–Trinajstić information content (AvgIpc) is 1.99. The molecule has 0 aliphatic heterocycles. The molecule has 1 rings (SSSR count). The Morgan fingerprint density at radius 3 is 2.60 bits per heavy atom. The number of hydrogen-bond acceptors (Lipinski definition) is 2. The lowest BCUT2D eigenvalue weighted by molar-refractivity contribution is 0.243. The van der Waals surface area contributed by atoms with E-state index in [0.29, 0.717) is 5.82 Å². The van der Waals surface area contributed by atoms with Gasteiger partial charge in [0.05, 0.1) is 0 Å². The maximum atomic E-state index is 11.5. The molecule has 1 heterocycles. The molecule has 0 aromatic carbocycles. The van der Waals surface area contributed by atoms with Gasteiger partial charge in [-0.15, -0.1) is 0 Å². The molecule has 1 aromatic rings. The molecule has 0 spiro atoms. The summed E-state index contributed by atoms with van der Waals surface area (Å²) in [5.41, 5.74) is 0.824. The Hall–Kier alpha value is -1.58. The van der Waals surface area contributed by atoms with Gasteiger partial charge in [0, 0.05) is 11.7 Å². The van der Waals surface area contributed by atoms with Crippen LogP contribution in [0.4, 0.5) is 10.6 Å². The Bertz CT molecular complexity index is 355. The van der Waals surface area contributed by atoms with Crippen molar-refractivity contribution in [2.75, 3.05) is 5.32 Å². The molecule has 0 atom stereocenters. The van der Waals surface area contributed by atoms with Crippen LogP contribution in [0.5, 0.6) is 0 Å². The van der Waals surface area contributed by atoms with Crippen LogP contribution >= 0.6 is 0 Å². The second-order valence-electron chi connectivity index (χ2n) is 4.55. The van der Waals surface area contributed by atoms with Crippen LogP contribution in [0.15, 0.2) is 18.3 Å². The van der Waals surface area contributed by atoms with Gasteiger partial charge < -0.3 is 5.32 Å². The Kier molecular flexibility index (Phi) is 3.29. The third-order valence-electron chi connectivity index (χ3n) is 1.65. The molecule has 0 fully saturated rings. The van der Waals surface area contributed by atoms with Crippen molar-refractivity contribution in [3.8, 4) is 0 Å². The van der Waals surface area contributed by atoms with E-state index in [2.05, 4.69) is 15.6 Å². The van der Waals surface area contributed by atoms with Gasteiger partial charge in [-0.3, -0.25) is 5.32 Å². The molecule has 82 valence electrons. The monoisotopic (exact) mass is 207 g/mol. The number of aromatic nitrogens is 1. The summed E-state index contributed by atoms with van der Waals surface area (Å²) in [6.45, 7) is 7.73. The lowest BCUT2D eigenvalue weighted by atomic mass is 10.1.